The van der Waals surface area contributed by atoms with Crippen molar-refractivity contribution in [2.45, 2.75) is 19.8 Å². The smallest absolute Gasteiger partial charge is 0.336 e. The third-order valence-electron chi connectivity index (χ3n) is 4.00. The molecule has 2 rings (SSSR count). The molecule has 1 aliphatic heterocycles. The van der Waals surface area contributed by atoms with E-state index in [-0.39, 0.29) is 32.6 Å². The molecule has 0 saturated carbocycles. The number of benzene rings is 1. The zero-order valence-corrected chi connectivity index (χ0v) is 15.1. The molecule has 0 saturated heterocycles. The molecule has 1 heterocycles. The van der Waals surface area contributed by atoms with Crippen molar-refractivity contribution in [1.29, 1.82) is 0 Å². The molecule has 0 aliphatic carbocycles. The second-order valence-electron chi connectivity index (χ2n) is 5.26. The van der Waals surface area contributed by atoms with Gasteiger partial charge in [0.25, 0.3) is 0 Å². The first-order valence-corrected chi connectivity index (χ1v) is 7.82. The maximum Gasteiger partial charge on any atom is 0.336 e. The second kappa shape index (κ2) is 7.25. The highest BCUT2D eigenvalue weighted by molar-refractivity contribution is 6.42. The SMILES string of the molecule is COC(=O)C1=C(C)N(N=O)C(C)=C(C(=O)O)C1c1cccc(Cl)c1Cl. The Labute approximate surface area is 153 Å². The molecule has 0 spiro atoms. The van der Waals surface area contributed by atoms with Gasteiger partial charge in [-0.05, 0) is 25.5 Å². The lowest BCUT2D eigenvalue weighted by Gasteiger charge is -2.33. The van der Waals surface area contributed by atoms with Crippen LogP contribution in [0.2, 0.25) is 10.0 Å². The standard InChI is InChI=1S/C16H14Cl2N2O5/c1-7-11(15(21)22)13(9-5-4-6-10(17)14(9)18)12(16(23)25-3)8(2)20(7)19-24/h4-6,13H,1-3H3,(H,21,22). The molecule has 0 fully saturated rings. The predicted molar refractivity (Wildman–Crippen MR) is 91.9 cm³/mol. The average Bonchev–Trinajstić information content (AvgIpc) is 2.56. The van der Waals surface area contributed by atoms with Crippen LogP contribution in [-0.4, -0.2) is 29.2 Å². The van der Waals surface area contributed by atoms with Gasteiger partial charge in [-0.3, -0.25) is 0 Å². The topological polar surface area (TPSA) is 96.3 Å². The van der Waals surface area contributed by atoms with Gasteiger partial charge in [-0.25, -0.2) is 14.6 Å². The summed E-state index contributed by atoms with van der Waals surface area (Å²) in [5.74, 6) is -3.17. The van der Waals surface area contributed by atoms with E-state index in [2.05, 4.69) is 5.29 Å². The van der Waals surface area contributed by atoms with E-state index in [1.807, 2.05) is 0 Å². The lowest BCUT2D eigenvalue weighted by Crippen LogP contribution is -2.32. The van der Waals surface area contributed by atoms with Gasteiger partial charge in [-0.15, -0.1) is 4.91 Å². The van der Waals surface area contributed by atoms with E-state index >= 15 is 0 Å². The van der Waals surface area contributed by atoms with Crippen LogP contribution in [0.4, 0.5) is 0 Å². The highest BCUT2D eigenvalue weighted by atomic mass is 35.5. The van der Waals surface area contributed by atoms with Gasteiger partial charge in [0.15, 0.2) is 0 Å². The van der Waals surface area contributed by atoms with Crippen LogP contribution in [0.5, 0.6) is 0 Å². The molecule has 9 heteroatoms. The number of allylic oxidation sites excluding steroid dienone is 2. The zero-order chi connectivity index (χ0) is 18.9. The van der Waals surface area contributed by atoms with Crippen LogP contribution in [-0.2, 0) is 14.3 Å². The molecule has 1 aliphatic rings. The van der Waals surface area contributed by atoms with Crippen LogP contribution in [0.15, 0.2) is 46.0 Å². The summed E-state index contributed by atoms with van der Waals surface area (Å²) in [5, 5.41) is 13.7. The number of rotatable bonds is 4. The number of nitrogens with zero attached hydrogens (tertiary/aromatic N) is 2. The van der Waals surface area contributed by atoms with Gasteiger partial charge in [0.05, 0.1) is 50.9 Å². The Morgan fingerprint density at radius 1 is 1.20 bits per heavy atom. The zero-order valence-electron chi connectivity index (χ0n) is 13.5. The predicted octanol–water partition coefficient (Wildman–Crippen LogP) is 3.88. The molecule has 132 valence electrons. The fraction of sp³-hybridized carbons (Fsp3) is 0.250. The molecule has 1 unspecified atom stereocenters. The summed E-state index contributed by atoms with van der Waals surface area (Å²) < 4.78 is 4.78. The monoisotopic (exact) mass is 384 g/mol. The molecule has 0 radical (unpaired) electrons. The highest BCUT2D eigenvalue weighted by Gasteiger charge is 2.41. The molecule has 1 aromatic carbocycles. The minimum atomic E-state index is -1.32. The van der Waals surface area contributed by atoms with Crippen molar-refractivity contribution in [3.05, 3.63) is 61.3 Å². The molecular formula is C16H14Cl2N2O5. The van der Waals surface area contributed by atoms with E-state index in [9.17, 15) is 19.6 Å². The minimum Gasteiger partial charge on any atom is -0.478 e. The third kappa shape index (κ3) is 3.12. The fourth-order valence-corrected chi connectivity index (χ4v) is 3.29. The Balaban J connectivity index is 2.88. The van der Waals surface area contributed by atoms with Gasteiger partial charge in [0.2, 0.25) is 0 Å². The Bertz CT molecular complexity index is 832. The summed E-state index contributed by atoms with van der Waals surface area (Å²) in [7, 11) is 1.16. The van der Waals surface area contributed by atoms with Crippen molar-refractivity contribution in [3.63, 3.8) is 0 Å². The Kier molecular flexibility index (Phi) is 5.49. The fourth-order valence-electron chi connectivity index (χ4n) is 2.87. The van der Waals surface area contributed by atoms with E-state index in [4.69, 9.17) is 27.9 Å². The van der Waals surface area contributed by atoms with E-state index in [1.165, 1.54) is 13.8 Å². The molecule has 0 bridgehead atoms. The number of nitroso groups, excluding NO2 is 1. The molecule has 7 nitrogen and oxygen atoms in total. The summed E-state index contributed by atoms with van der Waals surface area (Å²) in [6, 6.07) is 4.70. The number of carboxylic acids is 1. The molecule has 1 N–H and O–H groups in total. The van der Waals surface area contributed by atoms with Crippen molar-refractivity contribution >= 4 is 35.1 Å². The lowest BCUT2D eigenvalue weighted by atomic mass is 9.80. The van der Waals surface area contributed by atoms with Crippen molar-refractivity contribution in [3.8, 4) is 0 Å². The maximum atomic E-state index is 12.4. The summed E-state index contributed by atoms with van der Waals surface area (Å²) in [6.07, 6.45) is 0. The number of hydrogen-bond acceptors (Lipinski definition) is 5. The Morgan fingerprint density at radius 3 is 2.32 bits per heavy atom. The quantitative estimate of drug-likeness (QED) is 0.624. The number of carbonyl (C=O) groups is 2. The highest BCUT2D eigenvalue weighted by Crippen LogP contribution is 2.45. The summed E-state index contributed by atoms with van der Waals surface area (Å²) in [5.41, 5.74) is 0.291. The number of carbonyl (C=O) groups excluding carboxylic acids is 1. The normalized spacial score (nSPS) is 17.6. The van der Waals surface area contributed by atoms with E-state index < -0.39 is 17.9 Å². The molecule has 1 atom stereocenters. The van der Waals surface area contributed by atoms with E-state index in [1.54, 1.807) is 18.2 Å². The number of esters is 1. The van der Waals surface area contributed by atoms with Crippen LogP contribution >= 0.6 is 23.2 Å². The van der Waals surface area contributed by atoms with Gasteiger partial charge >= 0.3 is 11.9 Å². The first kappa shape index (κ1) is 19.0. The summed E-state index contributed by atoms with van der Waals surface area (Å²) >= 11 is 12.3. The Morgan fingerprint density at radius 2 is 1.80 bits per heavy atom. The van der Waals surface area contributed by atoms with Crippen molar-refractivity contribution in [2.24, 2.45) is 5.29 Å². The number of aliphatic carboxylic acids is 1. The average molecular weight is 385 g/mol. The van der Waals surface area contributed by atoms with Gasteiger partial charge in [0.1, 0.15) is 0 Å². The van der Waals surface area contributed by atoms with Gasteiger partial charge in [-0.1, -0.05) is 35.3 Å². The van der Waals surface area contributed by atoms with Crippen molar-refractivity contribution in [2.75, 3.05) is 7.11 Å². The van der Waals surface area contributed by atoms with Gasteiger partial charge < -0.3 is 9.84 Å². The van der Waals surface area contributed by atoms with E-state index in [0.29, 0.717) is 5.56 Å². The van der Waals surface area contributed by atoms with Crippen LogP contribution in [0.25, 0.3) is 0 Å². The van der Waals surface area contributed by atoms with Gasteiger partial charge in [0, 0.05) is 0 Å². The third-order valence-corrected chi connectivity index (χ3v) is 4.84. The second-order valence-corrected chi connectivity index (χ2v) is 6.05. The van der Waals surface area contributed by atoms with Crippen LogP contribution in [0.3, 0.4) is 0 Å². The largest absolute Gasteiger partial charge is 0.478 e. The van der Waals surface area contributed by atoms with Gasteiger partial charge in [-0.2, -0.15) is 0 Å². The summed E-state index contributed by atoms with van der Waals surface area (Å²) in [4.78, 5) is 35.4. The number of halogens is 2. The number of methoxy groups -OCH3 is 1. The van der Waals surface area contributed by atoms with Crippen LogP contribution < -0.4 is 0 Å². The molecule has 25 heavy (non-hydrogen) atoms. The lowest BCUT2D eigenvalue weighted by molar-refractivity contribution is -0.136. The number of hydrogen-bond donors (Lipinski definition) is 1. The summed E-state index contributed by atoms with van der Waals surface area (Å²) in [6.45, 7) is 2.90. The first-order chi connectivity index (χ1) is 11.8. The number of carboxylic acid groups (broad SMARTS) is 1. The molecule has 0 amide bonds. The minimum absolute atomic E-state index is 0.0470. The number of ether oxygens (including phenoxy) is 1. The first-order valence-electron chi connectivity index (χ1n) is 7.06. The van der Waals surface area contributed by atoms with Crippen molar-refractivity contribution in [1.82, 2.24) is 5.01 Å². The molecule has 1 aromatic rings. The molecule has 0 aromatic heterocycles. The maximum absolute atomic E-state index is 12.4. The van der Waals surface area contributed by atoms with E-state index in [0.717, 1.165) is 12.1 Å². The van der Waals surface area contributed by atoms with Crippen molar-refractivity contribution < 1.29 is 19.4 Å². The molecular weight excluding hydrogens is 371 g/mol. The van der Waals surface area contributed by atoms with Crippen LogP contribution in [0.1, 0.15) is 25.3 Å². The van der Waals surface area contributed by atoms with Crippen LogP contribution in [0, 0.1) is 4.91 Å². The Hall–Kier alpha value is -2.38.